The summed E-state index contributed by atoms with van der Waals surface area (Å²) in [4.78, 5) is 37.8. The lowest BCUT2D eigenvalue weighted by Gasteiger charge is -2.26. The van der Waals surface area contributed by atoms with E-state index in [-0.39, 0.29) is 29.5 Å². The van der Waals surface area contributed by atoms with E-state index in [0.717, 1.165) is 0 Å². The molecule has 0 aliphatic heterocycles. The predicted octanol–water partition coefficient (Wildman–Crippen LogP) is 1.47. The lowest BCUT2D eigenvalue weighted by Crippen LogP contribution is -2.38. The van der Waals surface area contributed by atoms with Crippen molar-refractivity contribution < 1.29 is 19.5 Å². The lowest BCUT2D eigenvalue weighted by molar-refractivity contribution is -0.142. The molecule has 114 valence electrons. The molecule has 1 aliphatic rings. The van der Waals surface area contributed by atoms with Gasteiger partial charge in [-0.15, -0.1) is 11.3 Å². The molecular formula is C13H17N3O4S. The van der Waals surface area contributed by atoms with Crippen molar-refractivity contribution in [3.63, 3.8) is 0 Å². The third-order valence-electron chi connectivity index (χ3n) is 3.43. The molecule has 0 bridgehead atoms. The van der Waals surface area contributed by atoms with Crippen LogP contribution in [0.15, 0.2) is 5.38 Å². The molecular weight excluding hydrogens is 294 g/mol. The summed E-state index contributed by atoms with van der Waals surface area (Å²) >= 11 is 1.19. The fourth-order valence-corrected chi connectivity index (χ4v) is 3.07. The Bertz CT molecular complexity index is 549. The van der Waals surface area contributed by atoms with Gasteiger partial charge in [-0.1, -0.05) is 0 Å². The van der Waals surface area contributed by atoms with Crippen LogP contribution in [0.1, 0.15) is 43.1 Å². The first-order valence-corrected chi connectivity index (χ1v) is 7.60. The number of anilines is 1. The van der Waals surface area contributed by atoms with Gasteiger partial charge in [0.25, 0.3) is 5.91 Å². The summed E-state index contributed by atoms with van der Waals surface area (Å²) in [6.45, 7) is 1.38. The number of carbonyl (C=O) groups is 3. The number of carbonyl (C=O) groups excluding carboxylic acids is 2. The molecule has 0 spiro atoms. The highest BCUT2D eigenvalue weighted by molar-refractivity contribution is 7.14. The third-order valence-corrected chi connectivity index (χ3v) is 4.19. The Morgan fingerprint density at radius 3 is 2.52 bits per heavy atom. The zero-order chi connectivity index (χ0) is 15.4. The molecule has 1 fully saturated rings. The Hall–Kier alpha value is -1.96. The summed E-state index contributed by atoms with van der Waals surface area (Å²) in [5.41, 5.74) is 0.268. The van der Waals surface area contributed by atoms with Gasteiger partial charge in [0.2, 0.25) is 5.91 Å². The third kappa shape index (κ3) is 4.25. The Morgan fingerprint density at radius 2 is 1.95 bits per heavy atom. The van der Waals surface area contributed by atoms with Crippen LogP contribution in [0.2, 0.25) is 0 Å². The van der Waals surface area contributed by atoms with Gasteiger partial charge in [0.05, 0.1) is 5.92 Å². The van der Waals surface area contributed by atoms with Crippen LogP contribution in [-0.4, -0.2) is 33.9 Å². The van der Waals surface area contributed by atoms with Gasteiger partial charge < -0.3 is 15.7 Å². The number of carboxylic acids is 1. The molecule has 0 saturated heterocycles. The van der Waals surface area contributed by atoms with E-state index in [9.17, 15) is 14.4 Å². The molecule has 2 amide bonds. The number of nitrogens with one attached hydrogen (secondary N) is 2. The van der Waals surface area contributed by atoms with Crippen molar-refractivity contribution >= 4 is 34.3 Å². The maximum absolute atomic E-state index is 12.0. The minimum atomic E-state index is -0.765. The molecule has 3 N–H and O–H groups in total. The average molecular weight is 311 g/mol. The molecule has 0 atom stereocenters. The quantitative estimate of drug-likeness (QED) is 0.780. The number of thiazole rings is 1. The summed E-state index contributed by atoms with van der Waals surface area (Å²) in [7, 11) is 0. The molecule has 1 aromatic heterocycles. The predicted molar refractivity (Wildman–Crippen MR) is 77.3 cm³/mol. The zero-order valence-electron chi connectivity index (χ0n) is 11.6. The maximum atomic E-state index is 12.0. The number of amides is 2. The number of carboxylic acid groups (broad SMARTS) is 1. The zero-order valence-corrected chi connectivity index (χ0v) is 12.4. The minimum absolute atomic E-state index is 0.0148. The topological polar surface area (TPSA) is 108 Å². The van der Waals surface area contributed by atoms with Crippen molar-refractivity contribution in [2.45, 2.75) is 38.6 Å². The Labute approximate surface area is 125 Å². The average Bonchev–Trinajstić information content (AvgIpc) is 2.87. The number of nitrogens with zero attached hydrogens (tertiary/aromatic N) is 1. The summed E-state index contributed by atoms with van der Waals surface area (Å²) in [6, 6.07) is -0.0148. The Kier molecular flexibility index (Phi) is 4.89. The first-order valence-electron chi connectivity index (χ1n) is 6.72. The van der Waals surface area contributed by atoms with Crippen LogP contribution in [0.3, 0.4) is 0 Å². The van der Waals surface area contributed by atoms with Gasteiger partial charge in [-0.25, -0.2) is 4.98 Å². The largest absolute Gasteiger partial charge is 0.481 e. The number of hydrogen-bond donors (Lipinski definition) is 3. The highest BCUT2D eigenvalue weighted by atomic mass is 32.1. The molecule has 0 aromatic carbocycles. The van der Waals surface area contributed by atoms with Crippen molar-refractivity contribution in [2.24, 2.45) is 5.92 Å². The van der Waals surface area contributed by atoms with E-state index in [2.05, 4.69) is 15.6 Å². The number of hydrogen-bond acceptors (Lipinski definition) is 5. The molecule has 0 radical (unpaired) electrons. The van der Waals surface area contributed by atoms with E-state index in [4.69, 9.17) is 5.11 Å². The first-order chi connectivity index (χ1) is 9.95. The Morgan fingerprint density at radius 1 is 1.29 bits per heavy atom. The fourth-order valence-electron chi connectivity index (χ4n) is 2.33. The molecule has 1 saturated carbocycles. The van der Waals surface area contributed by atoms with Crippen molar-refractivity contribution in [1.29, 1.82) is 0 Å². The molecule has 21 heavy (non-hydrogen) atoms. The van der Waals surface area contributed by atoms with Crippen LogP contribution in [0.4, 0.5) is 5.13 Å². The van der Waals surface area contributed by atoms with E-state index >= 15 is 0 Å². The van der Waals surface area contributed by atoms with Gasteiger partial charge in [-0.3, -0.25) is 14.4 Å². The molecule has 7 nitrogen and oxygen atoms in total. The van der Waals surface area contributed by atoms with Gasteiger partial charge in [-0.05, 0) is 25.7 Å². The Balaban J connectivity index is 1.86. The fraction of sp³-hybridized carbons (Fsp3) is 0.538. The van der Waals surface area contributed by atoms with Crippen LogP contribution in [-0.2, 0) is 9.59 Å². The highest BCUT2D eigenvalue weighted by Gasteiger charge is 2.27. The monoisotopic (exact) mass is 311 g/mol. The second-order valence-corrected chi connectivity index (χ2v) is 5.94. The van der Waals surface area contributed by atoms with E-state index in [1.54, 1.807) is 5.38 Å². The SMILES string of the molecule is CC(=O)Nc1nc(C(=O)NC2CCC(C(=O)O)CC2)cs1. The number of rotatable bonds is 4. The van der Waals surface area contributed by atoms with Gasteiger partial charge in [0.1, 0.15) is 5.69 Å². The molecule has 0 unspecified atom stereocenters. The highest BCUT2D eigenvalue weighted by Crippen LogP contribution is 2.25. The summed E-state index contributed by atoms with van der Waals surface area (Å²) < 4.78 is 0. The summed E-state index contributed by atoms with van der Waals surface area (Å²) in [5, 5.41) is 16.3. The van der Waals surface area contributed by atoms with Crippen LogP contribution in [0, 0.1) is 5.92 Å². The molecule has 1 aliphatic carbocycles. The molecule has 1 aromatic rings. The summed E-state index contributed by atoms with van der Waals surface area (Å²) in [5.74, 6) is -1.59. The molecule has 8 heteroatoms. The second kappa shape index (κ2) is 6.66. The second-order valence-electron chi connectivity index (χ2n) is 5.08. The standard InChI is InChI=1S/C13H17N3O4S/c1-7(17)14-13-16-10(6-21-13)11(18)15-9-4-2-8(3-5-9)12(19)20/h6,8-9H,2-5H2,1H3,(H,15,18)(H,19,20)(H,14,16,17). The van der Waals surface area contributed by atoms with Crippen LogP contribution >= 0.6 is 11.3 Å². The van der Waals surface area contributed by atoms with Gasteiger partial charge in [0.15, 0.2) is 5.13 Å². The normalized spacial score (nSPS) is 21.6. The lowest BCUT2D eigenvalue weighted by atomic mass is 9.86. The summed E-state index contributed by atoms with van der Waals surface area (Å²) in [6.07, 6.45) is 2.47. The van der Waals surface area contributed by atoms with Crippen molar-refractivity contribution in [1.82, 2.24) is 10.3 Å². The first kappa shape index (κ1) is 15.4. The van der Waals surface area contributed by atoms with Gasteiger partial charge in [0, 0.05) is 18.3 Å². The van der Waals surface area contributed by atoms with Crippen molar-refractivity contribution in [3.05, 3.63) is 11.1 Å². The molecule has 1 heterocycles. The smallest absolute Gasteiger partial charge is 0.306 e. The van der Waals surface area contributed by atoms with Crippen LogP contribution in [0.25, 0.3) is 0 Å². The van der Waals surface area contributed by atoms with E-state index in [1.807, 2.05) is 0 Å². The minimum Gasteiger partial charge on any atom is -0.481 e. The van der Waals surface area contributed by atoms with Crippen LogP contribution in [0.5, 0.6) is 0 Å². The maximum Gasteiger partial charge on any atom is 0.306 e. The van der Waals surface area contributed by atoms with E-state index < -0.39 is 5.97 Å². The van der Waals surface area contributed by atoms with Crippen molar-refractivity contribution in [2.75, 3.05) is 5.32 Å². The number of aromatic nitrogens is 1. The van der Waals surface area contributed by atoms with Crippen molar-refractivity contribution in [3.8, 4) is 0 Å². The van der Waals surface area contributed by atoms with E-state index in [0.29, 0.717) is 30.8 Å². The van der Waals surface area contributed by atoms with Crippen LogP contribution < -0.4 is 10.6 Å². The molecule has 2 rings (SSSR count). The van der Waals surface area contributed by atoms with Gasteiger partial charge in [-0.2, -0.15) is 0 Å². The van der Waals surface area contributed by atoms with Gasteiger partial charge >= 0.3 is 5.97 Å². The van der Waals surface area contributed by atoms with E-state index in [1.165, 1.54) is 18.3 Å². The number of aliphatic carboxylic acids is 1.